The van der Waals surface area contributed by atoms with Gasteiger partial charge in [-0.15, -0.1) is 0 Å². The quantitative estimate of drug-likeness (QED) is 0.596. The lowest BCUT2D eigenvalue weighted by Crippen LogP contribution is -2.38. The summed E-state index contributed by atoms with van der Waals surface area (Å²) < 4.78 is 0. The molecule has 22 heavy (non-hydrogen) atoms. The van der Waals surface area contributed by atoms with Gasteiger partial charge in [0.2, 0.25) is 0 Å². The molecule has 0 fully saturated rings. The van der Waals surface area contributed by atoms with Crippen LogP contribution in [0.3, 0.4) is 0 Å². The average Bonchev–Trinajstić information content (AvgIpc) is 2.75. The van der Waals surface area contributed by atoms with Crippen LogP contribution in [-0.2, 0) is 0 Å². The van der Waals surface area contributed by atoms with E-state index in [4.69, 9.17) is 0 Å². The van der Waals surface area contributed by atoms with E-state index < -0.39 is 12.1 Å². The van der Waals surface area contributed by atoms with Crippen molar-refractivity contribution in [1.29, 1.82) is 0 Å². The number of carboxylic acid groups (broad SMARTS) is 1. The van der Waals surface area contributed by atoms with Crippen LogP contribution in [0, 0.1) is 6.92 Å². The minimum Gasteiger partial charge on any atom is -0.506 e. The Bertz CT molecular complexity index is 713. The molecule has 2 aromatic rings. The molecule has 6 heteroatoms. The molecule has 5 N–H and O–H groups in total. The SMILES string of the molecule is Cc1c(C(=O)O)[nH]c2c(O)ccc(C(O)CNC(C)(C)C)c12. The number of hydrogen-bond donors (Lipinski definition) is 5. The first-order valence-electron chi connectivity index (χ1n) is 7.12. The van der Waals surface area contributed by atoms with Crippen LogP contribution in [0.4, 0.5) is 0 Å². The Morgan fingerprint density at radius 1 is 1.36 bits per heavy atom. The van der Waals surface area contributed by atoms with Crippen molar-refractivity contribution >= 4 is 16.9 Å². The lowest BCUT2D eigenvalue weighted by atomic mass is 9.99. The zero-order valence-electron chi connectivity index (χ0n) is 13.2. The second-order valence-corrected chi connectivity index (χ2v) is 6.50. The van der Waals surface area contributed by atoms with Crippen molar-refractivity contribution < 1.29 is 20.1 Å². The van der Waals surface area contributed by atoms with Crippen LogP contribution < -0.4 is 5.32 Å². The van der Waals surface area contributed by atoms with Crippen molar-refractivity contribution in [3.05, 3.63) is 29.0 Å². The normalized spacial score (nSPS) is 13.5. The number of aromatic hydroxyl groups is 1. The minimum absolute atomic E-state index is 0.0220. The van der Waals surface area contributed by atoms with Crippen LogP contribution in [-0.4, -0.2) is 38.4 Å². The molecule has 1 aromatic carbocycles. The molecule has 6 nitrogen and oxygen atoms in total. The Morgan fingerprint density at radius 2 is 2.00 bits per heavy atom. The van der Waals surface area contributed by atoms with Gasteiger partial charge in [-0.3, -0.25) is 0 Å². The number of aryl methyl sites for hydroxylation is 1. The third-order valence-electron chi connectivity index (χ3n) is 3.61. The molecule has 0 bridgehead atoms. The molecule has 0 radical (unpaired) electrons. The van der Waals surface area contributed by atoms with Crippen LogP contribution >= 0.6 is 0 Å². The first-order valence-corrected chi connectivity index (χ1v) is 7.12. The number of nitrogens with one attached hydrogen (secondary N) is 2. The number of fused-ring (bicyclic) bond motifs is 1. The molecule has 1 atom stereocenters. The monoisotopic (exact) mass is 306 g/mol. The van der Waals surface area contributed by atoms with Crippen molar-refractivity contribution in [2.75, 3.05) is 6.54 Å². The van der Waals surface area contributed by atoms with Gasteiger partial charge in [-0.2, -0.15) is 0 Å². The van der Waals surface area contributed by atoms with Crippen LogP contribution in [0.1, 0.15) is 48.5 Å². The predicted octanol–water partition coefficient (Wildman–Crippen LogP) is 2.30. The van der Waals surface area contributed by atoms with Gasteiger partial charge in [0.15, 0.2) is 0 Å². The van der Waals surface area contributed by atoms with Crippen LogP contribution in [0.2, 0.25) is 0 Å². The number of aromatic nitrogens is 1. The minimum atomic E-state index is -1.10. The predicted molar refractivity (Wildman–Crippen MR) is 84.4 cm³/mol. The summed E-state index contributed by atoms with van der Waals surface area (Å²) in [7, 11) is 0. The highest BCUT2D eigenvalue weighted by Gasteiger charge is 2.22. The lowest BCUT2D eigenvalue weighted by molar-refractivity contribution is 0.0690. The van der Waals surface area contributed by atoms with Gasteiger partial charge in [0.1, 0.15) is 11.4 Å². The average molecular weight is 306 g/mol. The number of carboxylic acids is 1. The molecule has 0 aliphatic heterocycles. The molecule has 0 aliphatic rings. The van der Waals surface area contributed by atoms with Crippen molar-refractivity contribution in [3.63, 3.8) is 0 Å². The summed E-state index contributed by atoms with van der Waals surface area (Å²) in [5, 5.41) is 33.3. The van der Waals surface area contributed by atoms with Gasteiger partial charge >= 0.3 is 5.97 Å². The third kappa shape index (κ3) is 3.08. The standard InChI is InChI=1S/C16H22N2O4/c1-8-12-9(11(20)7-17-16(2,3)4)5-6-10(19)14(12)18-13(8)15(21)22/h5-6,11,17-20H,7H2,1-4H3,(H,21,22). The van der Waals surface area contributed by atoms with Gasteiger partial charge in [-0.05, 0) is 44.9 Å². The van der Waals surface area contributed by atoms with Crippen LogP contribution in [0.15, 0.2) is 12.1 Å². The molecule has 0 spiro atoms. The smallest absolute Gasteiger partial charge is 0.352 e. The van der Waals surface area contributed by atoms with Gasteiger partial charge < -0.3 is 25.6 Å². The molecule has 0 saturated heterocycles. The van der Waals surface area contributed by atoms with Gasteiger partial charge in [0, 0.05) is 17.5 Å². The first kappa shape index (κ1) is 16.3. The lowest BCUT2D eigenvalue weighted by Gasteiger charge is -2.23. The van der Waals surface area contributed by atoms with E-state index in [2.05, 4.69) is 10.3 Å². The zero-order chi connectivity index (χ0) is 16.7. The highest BCUT2D eigenvalue weighted by molar-refractivity contribution is 6.00. The van der Waals surface area contributed by atoms with Crippen LogP contribution in [0.5, 0.6) is 5.75 Å². The van der Waals surface area contributed by atoms with E-state index in [-0.39, 0.29) is 17.0 Å². The largest absolute Gasteiger partial charge is 0.506 e. The number of aliphatic hydroxyl groups is 1. The number of carbonyl (C=O) groups is 1. The summed E-state index contributed by atoms with van der Waals surface area (Å²) in [6.07, 6.45) is -0.807. The molecule has 0 saturated carbocycles. The van der Waals surface area contributed by atoms with E-state index in [0.717, 1.165) is 0 Å². The van der Waals surface area contributed by atoms with Gasteiger partial charge in [-0.1, -0.05) is 6.07 Å². The molecule has 2 rings (SSSR count). The second kappa shape index (κ2) is 5.62. The summed E-state index contributed by atoms with van der Waals surface area (Å²) in [4.78, 5) is 14.0. The summed E-state index contributed by atoms with van der Waals surface area (Å²) in [6, 6.07) is 3.08. The molecular formula is C16H22N2O4. The Balaban J connectivity index is 2.50. The number of aliphatic hydroxyl groups excluding tert-OH is 1. The van der Waals surface area contributed by atoms with E-state index in [1.807, 2.05) is 20.8 Å². The Morgan fingerprint density at radius 3 is 2.55 bits per heavy atom. The number of aromatic amines is 1. The molecule has 120 valence electrons. The highest BCUT2D eigenvalue weighted by atomic mass is 16.4. The maximum Gasteiger partial charge on any atom is 0.352 e. The van der Waals surface area contributed by atoms with Crippen molar-refractivity contribution in [2.24, 2.45) is 0 Å². The second-order valence-electron chi connectivity index (χ2n) is 6.50. The van der Waals surface area contributed by atoms with Gasteiger partial charge in [-0.25, -0.2) is 4.79 Å². The molecular weight excluding hydrogens is 284 g/mol. The van der Waals surface area contributed by atoms with Crippen molar-refractivity contribution in [3.8, 4) is 5.75 Å². The maximum absolute atomic E-state index is 11.3. The van der Waals surface area contributed by atoms with E-state index in [0.29, 0.717) is 28.6 Å². The molecule has 0 aliphatic carbocycles. The number of benzene rings is 1. The van der Waals surface area contributed by atoms with E-state index in [1.54, 1.807) is 13.0 Å². The van der Waals surface area contributed by atoms with E-state index in [9.17, 15) is 20.1 Å². The zero-order valence-corrected chi connectivity index (χ0v) is 13.2. The molecule has 1 aromatic heterocycles. The number of β-amino-alcohol motifs (C(OH)–C–C–N with tert-alkyl or cyclic N) is 1. The summed E-state index contributed by atoms with van der Waals surface area (Å²) in [5.41, 5.74) is 1.31. The van der Waals surface area contributed by atoms with Gasteiger partial charge in [0.25, 0.3) is 0 Å². The number of hydrogen-bond acceptors (Lipinski definition) is 4. The van der Waals surface area contributed by atoms with E-state index in [1.165, 1.54) is 6.07 Å². The topological polar surface area (TPSA) is 106 Å². The first-order chi connectivity index (χ1) is 10.1. The summed E-state index contributed by atoms with van der Waals surface area (Å²) in [6.45, 7) is 7.98. The third-order valence-corrected chi connectivity index (χ3v) is 3.61. The fourth-order valence-electron chi connectivity index (χ4n) is 2.49. The number of aromatic carboxylic acids is 1. The summed E-state index contributed by atoms with van der Waals surface area (Å²) in [5.74, 6) is -1.13. The molecule has 1 heterocycles. The Hall–Kier alpha value is -2.05. The number of rotatable bonds is 4. The van der Waals surface area contributed by atoms with Crippen LogP contribution in [0.25, 0.3) is 10.9 Å². The molecule has 1 unspecified atom stereocenters. The summed E-state index contributed by atoms with van der Waals surface area (Å²) >= 11 is 0. The number of phenolic OH excluding ortho intramolecular Hbond substituents is 1. The van der Waals surface area contributed by atoms with Gasteiger partial charge in [0.05, 0.1) is 11.6 Å². The maximum atomic E-state index is 11.3. The fraction of sp³-hybridized carbons (Fsp3) is 0.438. The highest BCUT2D eigenvalue weighted by Crippen LogP contribution is 2.34. The van der Waals surface area contributed by atoms with E-state index >= 15 is 0 Å². The van der Waals surface area contributed by atoms with Crippen molar-refractivity contribution in [2.45, 2.75) is 39.3 Å². The number of phenols is 1. The fourth-order valence-corrected chi connectivity index (χ4v) is 2.49. The number of H-pyrrole nitrogens is 1. The Kier molecular flexibility index (Phi) is 4.17. The molecule has 0 amide bonds. The Labute approximate surface area is 128 Å². The van der Waals surface area contributed by atoms with Crippen molar-refractivity contribution in [1.82, 2.24) is 10.3 Å².